The van der Waals surface area contributed by atoms with Crippen LogP contribution in [0.3, 0.4) is 0 Å². The van der Waals surface area contributed by atoms with Gasteiger partial charge in [0.15, 0.2) is 0 Å². The quantitative estimate of drug-likeness (QED) is 0.264. The van der Waals surface area contributed by atoms with E-state index in [1.54, 1.807) is 0 Å². The van der Waals surface area contributed by atoms with Gasteiger partial charge in [0.1, 0.15) is 0 Å². The van der Waals surface area contributed by atoms with Crippen molar-refractivity contribution in [3.63, 3.8) is 0 Å². The summed E-state index contributed by atoms with van der Waals surface area (Å²) in [7, 11) is 0. The highest BCUT2D eigenvalue weighted by Crippen LogP contribution is 2.52. The third-order valence-electron chi connectivity index (χ3n) is 9.88. The predicted octanol–water partition coefficient (Wildman–Crippen LogP) is 9.56. The standard InChI is InChI=1S/C38H36N2/c1-25-22-33-29(13-7-17-37(33)39-20-9-12-27-10-3-5-15-35(27)39)31(25)24-32-26(2)23-34-30(32)14-8-18-38(34)40-21-19-28-11-4-6-16-36(28)40/h3-8,10-11,13-18,22-23,31-32H,9,12,19-21,24H2,1-2H3. The third-order valence-corrected chi connectivity index (χ3v) is 9.88. The van der Waals surface area contributed by atoms with Gasteiger partial charge >= 0.3 is 0 Å². The average molecular weight is 521 g/mol. The molecule has 4 aromatic carbocycles. The number of aryl methyl sites for hydroxylation is 1. The molecule has 0 saturated heterocycles. The van der Waals surface area contributed by atoms with Crippen LogP contribution in [0.1, 0.15) is 71.9 Å². The molecule has 0 amide bonds. The number of hydrogen-bond acceptors (Lipinski definition) is 2. The molecular weight excluding hydrogens is 484 g/mol. The Kier molecular flexibility index (Phi) is 5.52. The summed E-state index contributed by atoms with van der Waals surface area (Å²) in [6.45, 7) is 6.85. The van der Waals surface area contributed by atoms with Crippen molar-refractivity contribution in [1.82, 2.24) is 0 Å². The second-order valence-corrected chi connectivity index (χ2v) is 12.1. The topological polar surface area (TPSA) is 6.48 Å². The van der Waals surface area contributed by atoms with E-state index in [2.05, 4.69) is 121 Å². The molecule has 2 aliphatic carbocycles. The zero-order valence-corrected chi connectivity index (χ0v) is 23.5. The van der Waals surface area contributed by atoms with E-state index in [-0.39, 0.29) is 0 Å². The minimum atomic E-state index is 0.449. The van der Waals surface area contributed by atoms with E-state index in [9.17, 15) is 0 Å². The molecule has 4 aliphatic rings. The van der Waals surface area contributed by atoms with Crippen LogP contribution in [0.15, 0.2) is 96.1 Å². The molecule has 2 heterocycles. The summed E-state index contributed by atoms with van der Waals surface area (Å²) < 4.78 is 0. The summed E-state index contributed by atoms with van der Waals surface area (Å²) in [4.78, 5) is 5.11. The second kappa shape index (κ2) is 9.27. The first-order chi connectivity index (χ1) is 19.7. The summed E-state index contributed by atoms with van der Waals surface area (Å²) in [6, 6.07) is 31.9. The number of benzene rings is 4. The van der Waals surface area contributed by atoms with E-state index in [0.29, 0.717) is 11.8 Å². The van der Waals surface area contributed by atoms with E-state index in [4.69, 9.17) is 0 Å². The van der Waals surface area contributed by atoms with Gasteiger partial charge in [-0.1, -0.05) is 84.0 Å². The molecule has 8 rings (SSSR count). The highest BCUT2D eigenvalue weighted by atomic mass is 15.2. The molecule has 0 radical (unpaired) electrons. The smallest absolute Gasteiger partial charge is 0.0487 e. The Morgan fingerprint density at radius 3 is 1.65 bits per heavy atom. The normalized spacial score (nSPS) is 20.6. The van der Waals surface area contributed by atoms with Crippen LogP contribution in [0, 0.1) is 0 Å². The van der Waals surface area contributed by atoms with Crippen molar-refractivity contribution >= 4 is 34.9 Å². The van der Waals surface area contributed by atoms with Crippen LogP contribution in [0.25, 0.3) is 12.2 Å². The van der Waals surface area contributed by atoms with Gasteiger partial charge in [-0.3, -0.25) is 0 Å². The van der Waals surface area contributed by atoms with Gasteiger partial charge in [0.05, 0.1) is 0 Å². The number of nitrogens with zero attached hydrogens (tertiary/aromatic N) is 2. The fourth-order valence-electron chi connectivity index (χ4n) is 7.91. The first-order valence-corrected chi connectivity index (χ1v) is 15.0. The van der Waals surface area contributed by atoms with Gasteiger partial charge < -0.3 is 9.80 Å². The maximum atomic E-state index is 2.57. The average Bonchev–Trinajstić information content (AvgIpc) is 3.66. The number of anilines is 4. The molecule has 0 fully saturated rings. The molecule has 198 valence electrons. The summed E-state index contributed by atoms with van der Waals surface area (Å²) >= 11 is 0. The van der Waals surface area contributed by atoms with Crippen molar-refractivity contribution in [2.45, 2.75) is 51.4 Å². The summed E-state index contributed by atoms with van der Waals surface area (Å²) in [5.74, 6) is 0.900. The molecule has 2 unspecified atom stereocenters. The lowest BCUT2D eigenvalue weighted by Gasteiger charge is -2.33. The predicted molar refractivity (Wildman–Crippen MR) is 169 cm³/mol. The van der Waals surface area contributed by atoms with Gasteiger partial charge in [0, 0.05) is 58.8 Å². The fourth-order valence-corrected chi connectivity index (χ4v) is 7.91. The van der Waals surface area contributed by atoms with Crippen LogP contribution in [-0.2, 0) is 12.8 Å². The monoisotopic (exact) mass is 520 g/mol. The van der Waals surface area contributed by atoms with Gasteiger partial charge in [0.25, 0.3) is 0 Å². The van der Waals surface area contributed by atoms with E-state index in [1.807, 2.05) is 0 Å². The number of allylic oxidation sites excluding steroid dienone is 2. The molecule has 2 aliphatic heterocycles. The first-order valence-electron chi connectivity index (χ1n) is 15.0. The SMILES string of the molecule is CC1=Cc2c(cccc2N2CCCc3ccccc32)C1CC1C(C)=Cc2c1cccc2N1CCc2ccccc21. The van der Waals surface area contributed by atoms with E-state index in [1.165, 1.54) is 80.1 Å². The fraction of sp³-hybridized carbons (Fsp3) is 0.263. The molecule has 0 spiro atoms. The number of fused-ring (bicyclic) bond motifs is 4. The van der Waals surface area contributed by atoms with Gasteiger partial charge in [-0.05, 0) is 86.1 Å². The van der Waals surface area contributed by atoms with Crippen LogP contribution in [0.2, 0.25) is 0 Å². The second-order valence-electron chi connectivity index (χ2n) is 12.1. The summed E-state index contributed by atoms with van der Waals surface area (Å²) in [6.07, 6.45) is 9.60. The van der Waals surface area contributed by atoms with Crippen LogP contribution in [0.4, 0.5) is 22.7 Å². The van der Waals surface area contributed by atoms with Gasteiger partial charge in [-0.25, -0.2) is 0 Å². The number of rotatable bonds is 4. The number of hydrogen-bond donors (Lipinski definition) is 0. The van der Waals surface area contributed by atoms with Crippen LogP contribution in [-0.4, -0.2) is 13.1 Å². The zero-order valence-electron chi connectivity index (χ0n) is 23.5. The molecule has 0 N–H and O–H groups in total. The van der Waals surface area contributed by atoms with Crippen LogP contribution in [0.5, 0.6) is 0 Å². The molecule has 2 atom stereocenters. The molecule has 2 heteroatoms. The van der Waals surface area contributed by atoms with Crippen molar-refractivity contribution in [1.29, 1.82) is 0 Å². The van der Waals surface area contributed by atoms with E-state index >= 15 is 0 Å². The molecule has 2 nitrogen and oxygen atoms in total. The molecule has 40 heavy (non-hydrogen) atoms. The first kappa shape index (κ1) is 23.8. The lowest BCUT2D eigenvalue weighted by molar-refractivity contribution is 0.642. The summed E-state index contributed by atoms with van der Waals surface area (Å²) in [5, 5.41) is 0. The van der Waals surface area contributed by atoms with Gasteiger partial charge in [0.2, 0.25) is 0 Å². The Hall–Kier alpha value is -4.04. The molecule has 4 aromatic rings. The Morgan fingerprint density at radius 2 is 1.05 bits per heavy atom. The Balaban J connectivity index is 1.13. The van der Waals surface area contributed by atoms with E-state index in [0.717, 1.165) is 25.9 Å². The summed E-state index contributed by atoms with van der Waals surface area (Å²) in [5.41, 5.74) is 17.3. The van der Waals surface area contributed by atoms with Crippen molar-refractivity contribution in [3.05, 3.63) is 129 Å². The van der Waals surface area contributed by atoms with Gasteiger partial charge in [-0.15, -0.1) is 0 Å². The maximum Gasteiger partial charge on any atom is 0.0487 e. The molecule has 0 bridgehead atoms. The molecule has 0 aromatic heterocycles. The Bertz CT molecular complexity index is 1710. The van der Waals surface area contributed by atoms with Gasteiger partial charge in [-0.2, -0.15) is 0 Å². The largest absolute Gasteiger partial charge is 0.341 e. The van der Waals surface area contributed by atoms with Crippen molar-refractivity contribution in [3.8, 4) is 0 Å². The molecular formula is C38H36N2. The Labute approximate surface area is 238 Å². The minimum absolute atomic E-state index is 0.449. The zero-order chi connectivity index (χ0) is 26.8. The number of para-hydroxylation sites is 2. The highest BCUT2D eigenvalue weighted by molar-refractivity contribution is 5.84. The lowest BCUT2D eigenvalue weighted by Crippen LogP contribution is -2.25. The minimum Gasteiger partial charge on any atom is -0.341 e. The van der Waals surface area contributed by atoms with Crippen LogP contribution >= 0.6 is 0 Å². The van der Waals surface area contributed by atoms with Crippen molar-refractivity contribution in [2.24, 2.45) is 0 Å². The highest BCUT2D eigenvalue weighted by Gasteiger charge is 2.34. The van der Waals surface area contributed by atoms with Crippen molar-refractivity contribution in [2.75, 3.05) is 22.9 Å². The molecule has 0 saturated carbocycles. The third kappa shape index (κ3) is 3.62. The Morgan fingerprint density at radius 1 is 0.550 bits per heavy atom. The van der Waals surface area contributed by atoms with E-state index < -0.39 is 0 Å². The van der Waals surface area contributed by atoms with Crippen LogP contribution < -0.4 is 9.80 Å². The lowest BCUT2D eigenvalue weighted by atomic mass is 9.82. The maximum absolute atomic E-state index is 2.57. The van der Waals surface area contributed by atoms with Crippen molar-refractivity contribution < 1.29 is 0 Å².